The first-order chi connectivity index (χ1) is 12.3. The van der Waals surface area contributed by atoms with Gasteiger partial charge in [-0.25, -0.2) is 4.79 Å². The number of rotatable bonds is 4. The molecule has 9 nitrogen and oxygen atoms in total. The van der Waals surface area contributed by atoms with Gasteiger partial charge in [0.15, 0.2) is 0 Å². The van der Waals surface area contributed by atoms with Crippen LogP contribution in [0.5, 0.6) is 0 Å². The van der Waals surface area contributed by atoms with Crippen molar-refractivity contribution in [2.75, 3.05) is 59.0 Å². The first-order valence-electron chi connectivity index (χ1n) is 9.01. The van der Waals surface area contributed by atoms with E-state index in [0.29, 0.717) is 59.0 Å². The Morgan fingerprint density at radius 2 is 1.27 bits per heavy atom. The van der Waals surface area contributed by atoms with Gasteiger partial charge in [0.2, 0.25) is 18.2 Å². The van der Waals surface area contributed by atoms with Gasteiger partial charge in [0.1, 0.15) is 5.41 Å². The Balaban J connectivity index is 1.92. The van der Waals surface area contributed by atoms with Crippen molar-refractivity contribution in [1.29, 1.82) is 0 Å². The summed E-state index contributed by atoms with van der Waals surface area (Å²) in [5.74, 6) is -0.454. The summed E-state index contributed by atoms with van der Waals surface area (Å²) in [7, 11) is 0. The van der Waals surface area contributed by atoms with E-state index in [4.69, 9.17) is 4.74 Å². The van der Waals surface area contributed by atoms with Crippen LogP contribution in [0.15, 0.2) is 0 Å². The Kier molecular flexibility index (Phi) is 6.44. The van der Waals surface area contributed by atoms with Crippen molar-refractivity contribution in [1.82, 2.24) is 19.6 Å². The molecule has 0 radical (unpaired) electrons. The van der Waals surface area contributed by atoms with Crippen LogP contribution in [0.2, 0.25) is 0 Å². The number of carbonyl (C=O) groups excluding carboxylic acids is 4. The van der Waals surface area contributed by atoms with Gasteiger partial charge in [0, 0.05) is 52.4 Å². The van der Waals surface area contributed by atoms with E-state index in [1.54, 1.807) is 40.4 Å². The molecular formula is C17H28N4O5. The summed E-state index contributed by atoms with van der Waals surface area (Å²) in [6.07, 6.45) is 0.407. The summed E-state index contributed by atoms with van der Waals surface area (Å²) in [5.41, 5.74) is -1.17. The molecule has 0 aromatic carbocycles. The molecule has 2 saturated heterocycles. The lowest BCUT2D eigenvalue weighted by Gasteiger charge is -2.40. The molecule has 26 heavy (non-hydrogen) atoms. The van der Waals surface area contributed by atoms with Crippen LogP contribution >= 0.6 is 0 Å². The van der Waals surface area contributed by atoms with Gasteiger partial charge in [0.25, 0.3) is 0 Å². The molecule has 0 bridgehead atoms. The maximum Gasteiger partial charge on any atom is 0.409 e. The zero-order chi connectivity index (χ0) is 19.3. The molecule has 2 aliphatic rings. The van der Waals surface area contributed by atoms with Gasteiger partial charge in [-0.2, -0.15) is 0 Å². The van der Waals surface area contributed by atoms with Crippen molar-refractivity contribution in [3.63, 3.8) is 0 Å². The van der Waals surface area contributed by atoms with E-state index in [1.807, 2.05) is 0 Å². The normalized spacial score (nSPS) is 18.6. The van der Waals surface area contributed by atoms with Gasteiger partial charge in [0.05, 0.1) is 6.61 Å². The summed E-state index contributed by atoms with van der Waals surface area (Å²) in [6, 6.07) is 0. The molecule has 0 aliphatic carbocycles. The highest BCUT2D eigenvalue weighted by atomic mass is 16.6. The van der Waals surface area contributed by atoms with Crippen LogP contribution in [0.25, 0.3) is 0 Å². The summed E-state index contributed by atoms with van der Waals surface area (Å²) in [4.78, 5) is 54.8. The fraction of sp³-hybridized carbons (Fsp3) is 0.765. The van der Waals surface area contributed by atoms with E-state index in [-0.39, 0.29) is 17.9 Å². The molecule has 0 aromatic heterocycles. The van der Waals surface area contributed by atoms with Gasteiger partial charge >= 0.3 is 6.09 Å². The summed E-state index contributed by atoms with van der Waals surface area (Å²) < 4.78 is 4.97. The van der Waals surface area contributed by atoms with Gasteiger partial charge in [-0.3, -0.25) is 14.4 Å². The van der Waals surface area contributed by atoms with Gasteiger partial charge in [-0.15, -0.1) is 0 Å². The largest absolute Gasteiger partial charge is 0.450 e. The van der Waals surface area contributed by atoms with Crippen molar-refractivity contribution >= 4 is 24.3 Å². The van der Waals surface area contributed by atoms with Crippen LogP contribution in [0.3, 0.4) is 0 Å². The van der Waals surface area contributed by atoms with Crippen molar-refractivity contribution in [2.24, 2.45) is 5.41 Å². The number of ether oxygens (including phenoxy) is 1. The molecule has 0 N–H and O–H groups in total. The minimum Gasteiger partial charge on any atom is -0.450 e. The number of nitrogens with zero attached hydrogens (tertiary/aromatic N) is 4. The highest BCUT2D eigenvalue weighted by Gasteiger charge is 2.43. The second-order valence-electron chi connectivity index (χ2n) is 7.04. The molecule has 0 saturated carbocycles. The molecule has 146 valence electrons. The maximum absolute atomic E-state index is 12.9. The smallest absolute Gasteiger partial charge is 0.409 e. The Morgan fingerprint density at radius 3 is 1.69 bits per heavy atom. The molecule has 2 heterocycles. The number of amides is 4. The van der Waals surface area contributed by atoms with Crippen molar-refractivity contribution in [3.05, 3.63) is 0 Å². The van der Waals surface area contributed by atoms with Gasteiger partial charge in [-0.1, -0.05) is 0 Å². The zero-order valence-electron chi connectivity index (χ0n) is 15.8. The molecule has 0 aromatic rings. The average Bonchev–Trinajstić information content (AvgIpc) is 2.67. The molecule has 0 spiro atoms. The number of carbonyl (C=O) groups is 4. The first kappa shape index (κ1) is 20.0. The molecule has 2 aliphatic heterocycles. The second-order valence-corrected chi connectivity index (χ2v) is 7.04. The Labute approximate surface area is 153 Å². The Bertz CT molecular complexity index is 549. The topological polar surface area (TPSA) is 90.5 Å². The van der Waals surface area contributed by atoms with Gasteiger partial charge in [-0.05, 0) is 20.8 Å². The lowest BCUT2D eigenvalue weighted by Crippen LogP contribution is -2.58. The third kappa shape index (κ3) is 4.25. The zero-order valence-corrected chi connectivity index (χ0v) is 15.8. The second kappa shape index (κ2) is 8.37. The molecule has 0 atom stereocenters. The van der Waals surface area contributed by atoms with Crippen LogP contribution in [0, 0.1) is 5.41 Å². The molecule has 9 heteroatoms. The molecule has 2 rings (SSSR count). The third-order valence-electron chi connectivity index (χ3n) is 4.91. The quantitative estimate of drug-likeness (QED) is 0.498. The van der Waals surface area contributed by atoms with E-state index in [0.717, 1.165) is 6.41 Å². The van der Waals surface area contributed by atoms with E-state index in [9.17, 15) is 19.2 Å². The minimum absolute atomic E-state index is 0.221. The lowest BCUT2D eigenvalue weighted by molar-refractivity contribution is -0.156. The van der Waals surface area contributed by atoms with Crippen LogP contribution < -0.4 is 0 Å². The first-order valence-corrected chi connectivity index (χ1v) is 9.01. The van der Waals surface area contributed by atoms with E-state index < -0.39 is 5.41 Å². The maximum atomic E-state index is 12.9. The van der Waals surface area contributed by atoms with Crippen LogP contribution in [-0.4, -0.2) is 103 Å². The number of hydrogen-bond donors (Lipinski definition) is 0. The molecule has 0 unspecified atom stereocenters. The highest BCUT2D eigenvalue weighted by Crippen LogP contribution is 2.24. The molecule has 2 fully saturated rings. The van der Waals surface area contributed by atoms with Gasteiger partial charge < -0.3 is 24.3 Å². The average molecular weight is 368 g/mol. The van der Waals surface area contributed by atoms with Crippen molar-refractivity contribution in [2.45, 2.75) is 20.8 Å². The standard InChI is InChI=1S/C17H28N4O5/c1-4-26-16(25)21-11-9-20(10-12-21)15(24)17(2,3)14(23)19-7-5-18(13-22)6-8-19/h13H,4-12H2,1-3H3. The predicted octanol–water partition coefficient (Wildman–Crippen LogP) is -0.386. The Morgan fingerprint density at radius 1 is 0.846 bits per heavy atom. The summed E-state index contributed by atoms with van der Waals surface area (Å²) in [6.45, 7) is 8.74. The molecule has 4 amide bonds. The molecular weight excluding hydrogens is 340 g/mol. The third-order valence-corrected chi connectivity index (χ3v) is 4.91. The number of hydrogen-bond acceptors (Lipinski definition) is 5. The Hall–Kier alpha value is -2.32. The van der Waals surface area contributed by atoms with Crippen LogP contribution in [-0.2, 0) is 19.1 Å². The fourth-order valence-electron chi connectivity index (χ4n) is 3.22. The van der Waals surface area contributed by atoms with Crippen molar-refractivity contribution in [3.8, 4) is 0 Å². The summed E-state index contributed by atoms with van der Waals surface area (Å²) in [5, 5.41) is 0. The SMILES string of the molecule is CCOC(=O)N1CCN(C(=O)C(C)(C)C(=O)N2CCN(C=O)CC2)CC1. The van der Waals surface area contributed by atoms with Crippen LogP contribution in [0.1, 0.15) is 20.8 Å². The highest BCUT2D eigenvalue weighted by molar-refractivity contribution is 6.04. The van der Waals surface area contributed by atoms with E-state index in [2.05, 4.69) is 0 Å². The van der Waals surface area contributed by atoms with E-state index >= 15 is 0 Å². The van der Waals surface area contributed by atoms with Crippen molar-refractivity contribution < 1.29 is 23.9 Å². The number of piperazine rings is 2. The predicted molar refractivity (Wildman–Crippen MR) is 93.2 cm³/mol. The van der Waals surface area contributed by atoms with Crippen LogP contribution in [0.4, 0.5) is 4.79 Å². The fourth-order valence-corrected chi connectivity index (χ4v) is 3.22. The minimum atomic E-state index is -1.17. The monoisotopic (exact) mass is 368 g/mol. The lowest BCUT2D eigenvalue weighted by atomic mass is 9.89. The van der Waals surface area contributed by atoms with E-state index in [1.165, 1.54) is 0 Å². The summed E-state index contributed by atoms with van der Waals surface area (Å²) >= 11 is 0.